The van der Waals surface area contributed by atoms with Crippen molar-refractivity contribution in [1.29, 1.82) is 0 Å². The lowest BCUT2D eigenvalue weighted by Gasteiger charge is -2.44. The maximum atomic E-state index is 9.68. The van der Waals surface area contributed by atoms with E-state index in [1.165, 1.54) is 6.54 Å². The Bertz CT molecular complexity index is 192. The number of likely N-dealkylation sites (tertiary alicyclic amines) is 1. The summed E-state index contributed by atoms with van der Waals surface area (Å²) in [4.78, 5) is 4.64. The second kappa shape index (κ2) is 4.14. The molecular formula is C10H21N3O. The Hall–Kier alpha value is -0.160. The van der Waals surface area contributed by atoms with E-state index in [4.69, 9.17) is 0 Å². The number of rotatable bonds is 3. The van der Waals surface area contributed by atoms with Gasteiger partial charge in [-0.2, -0.15) is 0 Å². The smallest absolute Gasteiger partial charge is 0.0831 e. The summed E-state index contributed by atoms with van der Waals surface area (Å²) in [6, 6.07) is 0.369. The zero-order valence-corrected chi connectivity index (χ0v) is 9.11. The van der Waals surface area contributed by atoms with E-state index >= 15 is 0 Å². The Labute approximate surface area is 85.9 Å². The number of hydrogen-bond acceptors (Lipinski definition) is 4. The van der Waals surface area contributed by atoms with Gasteiger partial charge in [-0.05, 0) is 20.0 Å². The van der Waals surface area contributed by atoms with Crippen LogP contribution in [0.2, 0.25) is 0 Å². The van der Waals surface area contributed by atoms with E-state index in [0.717, 1.165) is 32.1 Å². The lowest BCUT2D eigenvalue weighted by molar-refractivity contribution is -0.000533. The molecule has 2 aliphatic rings. The molecule has 0 spiro atoms. The van der Waals surface area contributed by atoms with E-state index in [1.807, 2.05) is 0 Å². The molecule has 2 rings (SSSR count). The van der Waals surface area contributed by atoms with Crippen molar-refractivity contribution >= 4 is 0 Å². The van der Waals surface area contributed by atoms with E-state index < -0.39 is 0 Å². The molecule has 0 saturated carbocycles. The first kappa shape index (κ1) is 10.4. The topological polar surface area (TPSA) is 38.7 Å². The van der Waals surface area contributed by atoms with Crippen LogP contribution in [-0.2, 0) is 0 Å². The van der Waals surface area contributed by atoms with Crippen molar-refractivity contribution < 1.29 is 5.11 Å². The summed E-state index contributed by atoms with van der Waals surface area (Å²) < 4.78 is 0. The molecule has 2 saturated heterocycles. The molecule has 4 heteroatoms. The Balaban J connectivity index is 1.72. The van der Waals surface area contributed by atoms with Gasteiger partial charge < -0.3 is 15.3 Å². The normalized spacial score (nSPS) is 35.1. The zero-order chi connectivity index (χ0) is 10.1. The van der Waals surface area contributed by atoms with Crippen LogP contribution >= 0.6 is 0 Å². The maximum absolute atomic E-state index is 9.68. The van der Waals surface area contributed by atoms with Crippen LogP contribution in [0.25, 0.3) is 0 Å². The van der Waals surface area contributed by atoms with Crippen molar-refractivity contribution in [1.82, 2.24) is 15.1 Å². The van der Waals surface area contributed by atoms with Crippen LogP contribution in [0.4, 0.5) is 0 Å². The summed E-state index contributed by atoms with van der Waals surface area (Å²) >= 11 is 0. The van der Waals surface area contributed by atoms with Crippen molar-refractivity contribution in [3.63, 3.8) is 0 Å². The quantitative estimate of drug-likeness (QED) is 0.600. The van der Waals surface area contributed by atoms with Gasteiger partial charge in [-0.15, -0.1) is 0 Å². The molecule has 0 aromatic carbocycles. The largest absolute Gasteiger partial charge is 0.390 e. The van der Waals surface area contributed by atoms with E-state index in [0.29, 0.717) is 6.04 Å². The fraction of sp³-hybridized carbons (Fsp3) is 1.00. The second-order valence-electron chi connectivity index (χ2n) is 4.88. The van der Waals surface area contributed by atoms with Gasteiger partial charge in [0.05, 0.1) is 6.10 Å². The van der Waals surface area contributed by atoms with Crippen LogP contribution in [0.3, 0.4) is 0 Å². The first-order valence-electron chi connectivity index (χ1n) is 5.44. The molecule has 0 aromatic heterocycles. The average molecular weight is 199 g/mol. The molecule has 2 aliphatic heterocycles. The molecule has 14 heavy (non-hydrogen) atoms. The summed E-state index contributed by atoms with van der Waals surface area (Å²) in [7, 11) is 4.24. The van der Waals surface area contributed by atoms with Crippen molar-refractivity contribution in [3.8, 4) is 0 Å². The highest BCUT2D eigenvalue weighted by atomic mass is 16.3. The van der Waals surface area contributed by atoms with Crippen molar-refractivity contribution in [2.24, 2.45) is 5.92 Å². The van der Waals surface area contributed by atoms with Gasteiger partial charge in [-0.25, -0.2) is 0 Å². The fourth-order valence-corrected chi connectivity index (χ4v) is 2.54. The molecule has 0 unspecified atom stereocenters. The highest BCUT2D eigenvalue weighted by Gasteiger charge is 2.37. The number of hydrogen-bond donors (Lipinski definition) is 2. The Morgan fingerprint density at radius 3 is 2.57 bits per heavy atom. The third kappa shape index (κ3) is 2.08. The number of aliphatic hydroxyl groups is 1. The molecule has 0 aromatic rings. The average Bonchev–Trinajstić information content (AvgIpc) is 2.42. The minimum absolute atomic E-state index is 0.157. The van der Waals surface area contributed by atoms with E-state index in [1.54, 1.807) is 0 Å². The first-order chi connectivity index (χ1) is 6.66. The fourth-order valence-electron chi connectivity index (χ4n) is 2.54. The Morgan fingerprint density at radius 2 is 2.07 bits per heavy atom. The summed E-state index contributed by atoms with van der Waals surface area (Å²) in [6.07, 6.45) is -0.157. The molecule has 2 fully saturated rings. The number of β-amino-alcohol motifs (C(OH)–C–C–N with tert-alkyl or cyclic N) is 1. The van der Waals surface area contributed by atoms with Crippen molar-refractivity contribution in [2.75, 3.05) is 46.8 Å². The summed E-state index contributed by atoms with van der Waals surface area (Å²) in [5.74, 6) is 0.804. The van der Waals surface area contributed by atoms with Crippen LogP contribution in [0.1, 0.15) is 0 Å². The number of aliphatic hydroxyl groups excluding tert-OH is 1. The molecule has 2 N–H and O–H groups in total. The van der Waals surface area contributed by atoms with Crippen molar-refractivity contribution in [3.05, 3.63) is 0 Å². The van der Waals surface area contributed by atoms with Crippen LogP contribution in [0.5, 0.6) is 0 Å². The molecule has 0 radical (unpaired) electrons. The number of nitrogens with zero attached hydrogens (tertiary/aromatic N) is 2. The molecule has 4 nitrogen and oxygen atoms in total. The van der Waals surface area contributed by atoms with Gasteiger partial charge in [0.25, 0.3) is 0 Å². The van der Waals surface area contributed by atoms with Gasteiger partial charge in [0.1, 0.15) is 0 Å². The van der Waals surface area contributed by atoms with Gasteiger partial charge >= 0.3 is 0 Å². The van der Waals surface area contributed by atoms with E-state index in [-0.39, 0.29) is 6.10 Å². The zero-order valence-electron chi connectivity index (χ0n) is 9.11. The second-order valence-corrected chi connectivity index (χ2v) is 4.88. The molecule has 0 bridgehead atoms. The minimum atomic E-state index is -0.157. The monoisotopic (exact) mass is 199 g/mol. The van der Waals surface area contributed by atoms with E-state index in [2.05, 4.69) is 29.2 Å². The predicted octanol–water partition coefficient (Wildman–Crippen LogP) is -1.19. The Morgan fingerprint density at radius 1 is 1.36 bits per heavy atom. The highest BCUT2D eigenvalue weighted by molar-refractivity contribution is 4.94. The maximum Gasteiger partial charge on any atom is 0.0831 e. The molecular weight excluding hydrogens is 178 g/mol. The van der Waals surface area contributed by atoms with Gasteiger partial charge in [0.2, 0.25) is 0 Å². The van der Waals surface area contributed by atoms with Crippen LogP contribution in [-0.4, -0.2) is 73.9 Å². The lowest BCUT2D eigenvalue weighted by Crippen LogP contribution is -2.58. The summed E-state index contributed by atoms with van der Waals surface area (Å²) in [5, 5.41) is 12.9. The van der Waals surface area contributed by atoms with Gasteiger partial charge in [0.15, 0.2) is 0 Å². The predicted molar refractivity (Wildman–Crippen MR) is 56.3 cm³/mol. The van der Waals surface area contributed by atoms with E-state index in [9.17, 15) is 5.11 Å². The summed E-state index contributed by atoms with van der Waals surface area (Å²) in [6.45, 7) is 5.20. The number of nitrogens with one attached hydrogen (secondary N) is 1. The third-order valence-corrected chi connectivity index (χ3v) is 3.23. The van der Waals surface area contributed by atoms with Gasteiger partial charge in [-0.1, -0.05) is 0 Å². The molecule has 82 valence electrons. The highest BCUT2D eigenvalue weighted by Crippen LogP contribution is 2.22. The lowest BCUT2D eigenvalue weighted by atomic mass is 9.96. The first-order valence-corrected chi connectivity index (χ1v) is 5.44. The molecule has 0 amide bonds. The van der Waals surface area contributed by atoms with Crippen LogP contribution < -0.4 is 5.32 Å². The third-order valence-electron chi connectivity index (χ3n) is 3.23. The minimum Gasteiger partial charge on any atom is -0.390 e. The molecule has 2 atom stereocenters. The van der Waals surface area contributed by atoms with Gasteiger partial charge in [-0.3, -0.25) is 4.90 Å². The summed E-state index contributed by atoms with van der Waals surface area (Å²) in [5.41, 5.74) is 0. The Kier molecular flexibility index (Phi) is 3.07. The van der Waals surface area contributed by atoms with Crippen molar-refractivity contribution in [2.45, 2.75) is 12.1 Å². The van der Waals surface area contributed by atoms with Crippen LogP contribution in [0.15, 0.2) is 0 Å². The van der Waals surface area contributed by atoms with Crippen LogP contribution in [0, 0.1) is 5.92 Å². The SMILES string of the molecule is CN(C)CC1CN([C@@H]2CNC[C@H]2O)C1. The van der Waals surface area contributed by atoms with Gasteiger partial charge in [0, 0.05) is 38.8 Å². The molecule has 0 aliphatic carbocycles. The molecule has 2 heterocycles. The standard InChI is InChI=1S/C10H21N3O/c1-12(2)5-8-6-13(7-8)9-3-11-4-10(9)14/h8-11,14H,3-7H2,1-2H3/t9-,10-/m1/s1.